The highest BCUT2D eigenvalue weighted by Gasteiger charge is 2.26. The lowest BCUT2D eigenvalue weighted by Crippen LogP contribution is -2.16. The molecular formula is C20H16FN5S2. The Balaban J connectivity index is 1.40. The van der Waals surface area contributed by atoms with Crippen molar-refractivity contribution in [3.05, 3.63) is 65.0 Å². The highest BCUT2D eigenvalue weighted by atomic mass is 32.1. The highest BCUT2D eigenvalue weighted by Crippen LogP contribution is 2.39. The molecule has 1 atom stereocenters. The van der Waals surface area contributed by atoms with Crippen LogP contribution in [0.2, 0.25) is 0 Å². The van der Waals surface area contributed by atoms with Crippen LogP contribution in [0.5, 0.6) is 0 Å². The van der Waals surface area contributed by atoms with Gasteiger partial charge < -0.3 is 5.32 Å². The van der Waals surface area contributed by atoms with Gasteiger partial charge in [0.05, 0.1) is 11.7 Å². The van der Waals surface area contributed by atoms with Crippen molar-refractivity contribution in [3.63, 3.8) is 0 Å². The Labute approximate surface area is 169 Å². The molecule has 1 aliphatic rings. The molecular weight excluding hydrogens is 393 g/mol. The molecule has 0 bridgehead atoms. The van der Waals surface area contributed by atoms with Gasteiger partial charge in [0.15, 0.2) is 5.01 Å². The predicted octanol–water partition coefficient (Wildman–Crippen LogP) is 5.35. The maximum atomic E-state index is 13.2. The van der Waals surface area contributed by atoms with Gasteiger partial charge in [0, 0.05) is 16.6 Å². The van der Waals surface area contributed by atoms with E-state index in [9.17, 15) is 4.39 Å². The van der Waals surface area contributed by atoms with Gasteiger partial charge in [-0.2, -0.15) is 0 Å². The second kappa shape index (κ2) is 7.37. The van der Waals surface area contributed by atoms with Crippen LogP contribution in [0, 0.1) is 5.82 Å². The first-order valence-electron chi connectivity index (χ1n) is 9.03. The topological polar surface area (TPSA) is 63.6 Å². The van der Waals surface area contributed by atoms with Gasteiger partial charge in [-0.3, -0.25) is 4.98 Å². The minimum absolute atomic E-state index is 0.110. The number of nitrogens with one attached hydrogen (secondary N) is 1. The predicted molar refractivity (Wildman–Crippen MR) is 110 cm³/mol. The van der Waals surface area contributed by atoms with Crippen LogP contribution in [-0.2, 0) is 6.42 Å². The largest absolute Gasteiger partial charge is 0.352 e. The number of hydrogen-bond acceptors (Lipinski definition) is 7. The van der Waals surface area contributed by atoms with Crippen molar-refractivity contribution in [3.8, 4) is 21.3 Å². The molecule has 0 fully saturated rings. The van der Waals surface area contributed by atoms with Gasteiger partial charge in [0.2, 0.25) is 5.13 Å². The van der Waals surface area contributed by atoms with Crippen molar-refractivity contribution in [1.29, 1.82) is 0 Å². The van der Waals surface area contributed by atoms with Crippen molar-refractivity contribution < 1.29 is 4.39 Å². The molecule has 5 nitrogen and oxygen atoms in total. The van der Waals surface area contributed by atoms with Gasteiger partial charge in [-0.25, -0.2) is 9.37 Å². The standard InChI is InChI=1S/C20H16FN5S2/c21-13-9-7-12(8-10-13)18-24-17-14(5-3-6-16(17)27-18)23-20-26-25-19(28-20)15-4-1-2-11-22-15/h1-2,4,7-11,14H,3,5-6H2,(H,23,26). The van der Waals surface area contributed by atoms with Crippen LogP contribution in [0.1, 0.15) is 29.5 Å². The Bertz CT molecular complexity index is 1090. The number of fused-ring (bicyclic) bond motifs is 1. The van der Waals surface area contributed by atoms with Crippen LogP contribution in [0.3, 0.4) is 0 Å². The molecule has 8 heteroatoms. The first-order valence-corrected chi connectivity index (χ1v) is 10.7. The number of anilines is 1. The summed E-state index contributed by atoms with van der Waals surface area (Å²) in [4.78, 5) is 10.5. The van der Waals surface area contributed by atoms with E-state index < -0.39 is 0 Å². The van der Waals surface area contributed by atoms with Crippen molar-refractivity contribution in [2.75, 3.05) is 5.32 Å². The number of aromatic nitrogens is 4. The third-order valence-electron chi connectivity index (χ3n) is 4.65. The smallest absolute Gasteiger partial charge is 0.206 e. The summed E-state index contributed by atoms with van der Waals surface area (Å²) < 4.78 is 13.2. The fourth-order valence-corrected chi connectivity index (χ4v) is 5.24. The van der Waals surface area contributed by atoms with Gasteiger partial charge in [0.25, 0.3) is 0 Å². The SMILES string of the molecule is Fc1ccc(-c2nc3c(s2)CCCC3Nc2nnc(-c3ccccn3)s2)cc1. The van der Waals surface area contributed by atoms with E-state index in [1.807, 2.05) is 18.2 Å². The minimum Gasteiger partial charge on any atom is -0.352 e. The summed E-state index contributed by atoms with van der Waals surface area (Å²) in [6.07, 6.45) is 4.88. The third kappa shape index (κ3) is 3.41. The molecule has 28 heavy (non-hydrogen) atoms. The lowest BCUT2D eigenvalue weighted by atomic mass is 9.98. The van der Waals surface area contributed by atoms with Crippen LogP contribution in [0.25, 0.3) is 21.3 Å². The van der Waals surface area contributed by atoms with E-state index in [4.69, 9.17) is 4.98 Å². The maximum Gasteiger partial charge on any atom is 0.206 e. The second-order valence-electron chi connectivity index (χ2n) is 6.55. The third-order valence-corrected chi connectivity index (χ3v) is 6.71. The average molecular weight is 410 g/mol. The molecule has 0 saturated heterocycles. The van der Waals surface area contributed by atoms with E-state index in [0.29, 0.717) is 0 Å². The molecule has 0 spiro atoms. The number of nitrogens with zero attached hydrogens (tertiary/aromatic N) is 4. The molecule has 1 unspecified atom stereocenters. The molecule has 5 rings (SSSR count). The molecule has 0 radical (unpaired) electrons. The Kier molecular flexibility index (Phi) is 4.58. The van der Waals surface area contributed by atoms with E-state index in [1.165, 1.54) is 28.3 Å². The first-order chi connectivity index (χ1) is 13.8. The molecule has 140 valence electrons. The van der Waals surface area contributed by atoms with E-state index >= 15 is 0 Å². The zero-order valence-corrected chi connectivity index (χ0v) is 16.4. The highest BCUT2D eigenvalue weighted by molar-refractivity contribution is 7.18. The van der Waals surface area contributed by atoms with Crippen molar-refractivity contribution in [1.82, 2.24) is 20.2 Å². The van der Waals surface area contributed by atoms with Crippen LogP contribution in [-0.4, -0.2) is 20.2 Å². The fraction of sp³-hybridized carbons (Fsp3) is 0.200. The second-order valence-corrected chi connectivity index (χ2v) is 8.61. The van der Waals surface area contributed by atoms with Gasteiger partial charge in [-0.05, 0) is 55.7 Å². The van der Waals surface area contributed by atoms with E-state index in [-0.39, 0.29) is 11.9 Å². The average Bonchev–Trinajstić information content (AvgIpc) is 3.37. The fourth-order valence-electron chi connectivity index (χ4n) is 3.30. The number of halogens is 1. The van der Waals surface area contributed by atoms with E-state index in [1.54, 1.807) is 29.7 Å². The van der Waals surface area contributed by atoms with Crippen molar-refractivity contribution in [2.45, 2.75) is 25.3 Å². The minimum atomic E-state index is -0.232. The van der Waals surface area contributed by atoms with Gasteiger partial charge >= 0.3 is 0 Å². The summed E-state index contributed by atoms with van der Waals surface area (Å²) in [5, 5.41) is 14.6. The first kappa shape index (κ1) is 17.4. The summed E-state index contributed by atoms with van der Waals surface area (Å²) in [5.41, 5.74) is 2.85. The summed E-state index contributed by atoms with van der Waals surface area (Å²) in [5.74, 6) is -0.232. The number of benzene rings is 1. The summed E-state index contributed by atoms with van der Waals surface area (Å²) in [6.45, 7) is 0. The Morgan fingerprint density at radius 1 is 1.00 bits per heavy atom. The lowest BCUT2D eigenvalue weighted by molar-refractivity contribution is 0.593. The molecule has 0 amide bonds. The van der Waals surface area contributed by atoms with Crippen LogP contribution in [0.4, 0.5) is 9.52 Å². The summed E-state index contributed by atoms with van der Waals surface area (Å²) in [6, 6.07) is 12.4. The zero-order chi connectivity index (χ0) is 18.9. The van der Waals surface area contributed by atoms with Crippen molar-refractivity contribution in [2.24, 2.45) is 0 Å². The van der Waals surface area contributed by atoms with Crippen LogP contribution < -0.4 is 5.32 Å². The number of thiazole rings is 1. The van der Waals surface area contributed by atoms with Crippen LogP contribution in [0.15, 0.2) is 48.7 Å². The van der Waals surface area contributed by atoms with Crippen LogP contribution >= 0.6 is 22.7 Å². The molecule has 3 heterocycles. The van der Waals surface area contributed by atoms with Crippen molar-refractivity contribution >= 4 is 27.8 Å². The zero-order valence-electron chi connectivity index (χ0n) is 14.8. The Morgan fingerprint density at radius 2 is 1.89 bits per heavy atom. The molecule has 3 aromatic heterocycles. The molecule has 4 aromatic rings. The molecule has 1 aromatic carbocycles. The number of hydrogen-bond donors (Lipinski definition) is 1. The quantitative estimate of drug-likeness (QED) is 0.492. The summed E-state index contributed by atoms with van der Waals surface area (Å²) in [7, 11) is 0. The van der Waals surface area contributed by atoms with E-state index in [2.05, 4.69) is 20.5 Å². The monoisotopic (exact) mass is 409 g/mol. The summed E-state index contributed by atoms with van der Waals surface area (Å²) >= 11 is 3.19. The molecule has 1 N–H and O–H groups in total. The van der Waals surface area contributed by atoms with Gasteiger partial charge in [-0.1, -0.05) is 17.4 Å². The molecule has 0 saturated carbocycles. The number of rotatable bonds is 4. The maximum absolute atomic E-state index is 13.2. The Hall–Kier alpha value is -2.71. The Morgan fingerprint density at radius 3 is 2.71 bits per heavy atom. The molecule has 1 aliphatic carbocycles. The lowest BCUT2D eigenvalue weighted by Gasteiger charge is -2.21. The normalized spacial score (nSPS) is 16.0. The number of pyridine rings is 1. The number of aryl methyl sites for hydroxylation is 1. The molecule has 0 aliphatic heterocycles. The van der Waals surface area contributed by atoms with E-state index in [0.717, 1.165) is 51.4 Å². The van der Waals surface area contributed by atoms with Gasteiger partial charge in [-0.15, -0.1) is 21.5 Å². The van der Waals surface area contributed by atoms with Gasteiger partial charge in [0.1, 0.15) is 16.5 Å².